The third kappa shape index (κ3) is 4.12. The highest BCUT2D eigenvalue weighted by atomic mass is 35.5. The predicted molar refractivity (Wildman–Crippen MR) is 105 cm³/mol. The number of imide groups is 1. The summed E-state index contributed by atoms with van der Waals surface area (Å²) >= 11 is 11.8. The average molecular weight is 409 g/mol. The number of phenolic OH excluding ortho intramolecular Hbond substituents is 1. The van der Waals surface area contributed by atoms with Crippen molar-refractivity contribution in [1.82, 2.24) is 0 Å². The molecule has 27 heavy (non-hydrogen) atoms. The van der Waals surface area contributed by atoms with Gasteiger partial charge in [0.1, 0.15) is 11.8 Å². The first-order chi connectivity index (χ1) is 12.9. The van der Waals surface area contributed by atoms with E-state index in [1.165, 1.54) is 12.1 Å². The topological polar surface area (TPSA) is 78.9 Å². The summed E-state index contributed by atoms with van der Waals surface area (Å²) in [7, 11) is 0. The van der Waals surface area contributed by atoms with Crippen LogP contribution in [0, 0.1) is 0 Å². The van der Waals surface area contributed by atoms with Gasteiger partial charge in [-0.15, -0.1) is 0 Å². The van der Waals surface area contributed by atoms with Crippen molar-refractivity contribution in [3.63, 3.8) is 0 Å². The summed E-state index contributed by atoms with van der Waals surface area (Å²) < 4.78 is 5.51. The first-order valence-corrected chi connectivity index (χ1v) is 9.20. The molecular weight excluding hydrogens is 391 g/mol. The minimum absolute atomic E-state index is 0.00301. The van der Waals surface area contributed by atoms with Crippen molar-refractivity contribution in [2.45, 2.75) is 25.8 Å². The fourth-order valence-corrected chi connectivity index (χ4v) is 3.26. The van der Waals surface area contributed by atoms with Gasteiger partial charge in [-0.25, -0.2) is 4.90 Å². The highest BCUT2D eigenvalue weighted by Crippen LogP contribution is 2.35. The Morgan fingerprint density at radius 3 is 2.41 bits per heavy atom. The Bertz CT molecular complexity index is 848. The van der Waals surface area contributed by atoms with E-state index in [9.17, 15) is 14.7 Å². The Morgan fingerprint density at radius 2 is 1.81 bits per heavy atom. The largest absolute Gasteiger partial charge is 0.505 e. The van der Waals surface area contributed by atoms with Gasteiger partial charge in [-0.2, -0.15) is 0 Å². The van der Waals surface area contributed by atoms with Gasteiger partial charge >= 0.3 is 0 Å². The molecule has 1 aliphatic heterocycles. The van der Waals surface area contributed by atoms with Crippen molar-refractivity contribution in [2.24, 2.45) is 0 Å². The van der Waals surface area contributed by atoms with Crippen LogP contribution in [0.2, 0.25) is 10.0 Å². The molecule has 142 valence electrons. The summed E-state index contributed by atoms with van der Waals surface area (Å²) in [6.45, 7) is 2.61. The lowest BCUT2D eigenvalue weighted by Crippen LogP contribution is -2.34. The van der Waals surface area contributed by atoms with Crippen LogP contribution in [0.25, 0.3) is 0 Å². The lowest BCUT2D eigenvalue weighted by Gasteiger charge is -2.17. The number of carbonyl (C=O) groups excluding carboxylic acids is 2. The Kier molecular flexibility index (Phi) is 5.77. The maximum Gasteiger partial charge on any atom is 0.256 e. The van der Waals surface area contributed by atoms with E-state index in [0.29, 0.717) is 23.7 Å². The Labute approximate surface area is 166 Å². The van der Waals surface area contributed by atoms with E-state index in [4.69, 9.17) is 27.9 Å². The molecule has 0 saturated carbocycles. The smallest absolute Gasteiger partial charge is 0.256 e. The molecule has 1 saturated heterocycles. The SMILES string of the molecule is CCCOc1ccc(N2C(=O)CC(Nc3cc(Cl)c(O)c(Cl)c3)C2=O)cc1. The van der Waals surface area contributed by atoms with E-state index < -0.39 is 6.04 Å². The molecular formula is C19H18Cl2N2O4. The van der Waals surface area contributed by atoms with E-state index in [2.05, 4.69) is 5.32 Å². The molecule has 6 nitrogen and oxygen atoms in total. The number of amides is 2. The average Bonchev–Trinajstić information content (AvgIpc) is 2.92. The molecule has 1 fully saturated rings. The van der Waals surface area contributed by atoms with Crippen molar-refractivity contribution in [2.75, 3.05) is 16.8 Å². The number of carbonyl (C=O) groups is 2. The maximum atomic E-state index is 12.7. The van der Waals surface area contributed by atoms with Gasteiger partial charge < -0.3 is 15.2 Å². The van der Waals surface area contributed by atoms with Gasteiger partial charge in [0.25, 0.3) is 5.91 Å². The first kappa shape index (κ1) is 19.3. The summed E-state index contributed by atoms with van der Waals surface area (Å²) in [5.74, 6) is -0.231. The second kappa shape index (κ2) is 8.06. The molecule has 0 radical (unpaired) electrons. The summed E-state index contributed by atoms with van der Waals surface area (Å²) in [5, 5.41) is 12.7. The van der Waals surface area contributed by atoms with Gasteiger partial charge in [0.05, 0.1) is 28.8 Å². The minimum atomic E-state index is -0.745. The van der Waals surface area contributed by atoms with Crippen LogP contribution in [0.3, 0.4) is 0 Å². The second-order valence-corrected chi connectivity index (χ2v) is 6.91. The van der Waals surface area contributed by atoms with E-state index in [1.54, 1.807) is 24.3 Å². The zero-order valence-corrected chi connectivity index (χ0v) is 16.0. The molecule has 2 aromatic rings. The fourth-order valence-electron chi connectivity index (χ4n) is 2.78. The van der Waals surface area contributed by atoms with Gasteiger partial charge in [-0.05, 0) is 42.8 Å². The molecule has 3 rings (SSSR count). The molecule has 2 N–H and O–H groups in total. The molecule has 1 aliphatic rings. The molecule has 0 bridgehead atoms. The van der Waals surface area contributed by atoms with E-state index in [0.717, 1.165) is 11.3 Å². The second-order valence-electron chi connectivity index (χ2n) is 6.10. The van der Waals surface area contributed by atoms with Crippen molar-refractivity contribution in [3.8, 4) is 11.5 Å². The van der Waals surface area contributed by atoms with Crippen molar-refractivity contribution < 1.29 is 19.4 Å². The first-order valence-electron chi connectivity index (χ1n) is 8.45. The normalized spacial score (nSPS) is 16.7. The molecule has 2 amide bonds. The van der Waals surface area contributed by atoms with Crippen molar-refractivity contribution in [1.29, 1.82) is 0 Å². The van der Waals surface area contributed by atoms with Crippen LogP contribution >= 0.6 is 23.2 Å². The fraction of sp³-hybridized carbons (Fsp3) is 0.263. The summed E-state index contributed by atoms with van der Waals surface area (Å²) in [6, 6.07) is 8.96. The summed E-state index contributed by atoms with van der Waals surface area (Å²) in [4.78, 5) is 26.2. The van der Waals surface area contributed by atoms with Crippen LogP contribution in [0.5, 0.6) is 11.5 Å². The van der Waals surface area contributed by atoms with Gasteiger partial charge in [-0.1, -0.05) is 30.1 Å². The molecule has 0 aromatic heterocycles. The number of benzene rings is 2. The number of ether oxygens (including phenoxy) is 1. The molecule has 1 unspecified atom stereocenters. The number of anilines is 2. The van der Waals surface area contributed by atoms with Crippen LogP contribution in [0.15, 0.2) is 36.4 Å². The number of hydrogen-bond acceptors (Lipinski definition) is 5. The van der Waals surface area contributed by atoms with E-state index >= 15 is 0 Å². The van der Waals surface area contributed by atoms with Crippen molar-refractivity contribution in [3.05, 3.63) is 46.4 Å². The third-order valence-electron chi connectivity index (χ3n) is 4.07. The Balaban J connectivity index is 1.75. The number of nitrogens with one attached hydrogen (secondary N) is 1. The lowest BCUT2D eigenvalue weighted by molar-refractivity contribution is -0.121. The van der Waals surface area contributed by atoms with E-state index in [1.807, 2.05) is 6.92 Å². The van der Waals surface area contributed by atoms with Crippen LogP contribution in [-0.4, -0.2) is 29.6 Å². The summed E-state index contributed by atoms with van der Waals surface area (Å²) in [6.07, 6.45) is 0.895. The molecule has 1 heterocycles. The number of phenols is 1. The van der Waals surface area contributed by atoms with Gasteiger partial charge in [0, 0.05) is 5.69 Å². The van der Waals surface area contributed by atoms with Crippen LogP contribution in [0.1, 0.15) is 19.8 Å². The Morgan fingerprint density at radius 1 is 1.19 bits per heavy atom. The number of nitrogens with zero attached hydrogens (tertiary/aromatic N) is 1. The van der Waals surface area contributed by atoms with Crippen LogP contribution in [0.4, 0.5) is 11.4 Å². The monoisotopic (exact) mass is 408 g/mol. The minimum Gasteiger partial charge on any atom is -0.505 e. The standard InChI is InChI=1S/C19H18Cl2N2O4/c1-2-7-27-13-5-3-12(4-6-13)23-17(24)10-16(19(23)26)22-11-8-14(20)18(25)15(21)9-11/h3-6,8-9,16,22,25H,2,7,10H2,1H3. The third-order valence-corrected chi connectivity index (χ3v) is 4.65. The zero-order chi connectivity index (χ0) is 19.6. The van der Waals surface area contributed by atoms with Crippen LogP contribution < -0.4 is 15.0 Å². The Hall–Kier alpha value is -2.44. The van der Waals surface area contributed by atoms with E-state index in [-0.39, 0.29) is 34.0 Å². The van der Waals surface area contributed by atoms with Gasteiger partial charge in [0.2, 0.25) is 5.91 Å². The molecule has 2 aromatic carbocycles. The van der Waals surface area contributed by atoms with Crippen LogP contribution in [-0.2, 0) is 9.59 Å². The molecule has 0 spiro atoms. The quantitative estimate of drug-likeness (QED) is 0.552. The molecule has 8 heteroatoms. The van der Waals surface area contributed by atoms with Gasteiger partial charge in [-0.3, -0.25) is 9.59 Å². The van der Waals surface area contributed by atoms with Gasteiger partial charge in [0.15, 0.2) is 5.75 Å². The summed E-state index contributed by atoms with van der Waals surface area (Å²) in [5.41, 5.74) is 0.930. The number of hydrogen-bond donors (Lipinski definition) is 2. The van der Waals surface area contributed by atoms with Crippen molar-refractivity contribution >= 4 is 46.4 Å². The lowest BCUT2D eigenvalue weighted by atomic mass is 10.2. The number of halogens is 2. The number of rotatable bonds is 6. The zero-order valence-electron chi connectivity index (χ0n) is 14.5. The number of aromatic hydroxyl groups is 1. The maximum absolute atomic E-state index is 12.7. The predicted octanol–water partition coefficient (Wildman–Crippen LogP) is 4.23. The molecule has 0 aliphatic carbocycles. The molecule has 1 atom stereocenters. The highest BCUT2D eigenvalue weighted by Gasteiger charge is 2.39. The highest BCUT2D eigenvalue weighted by molar-refractivity contribution is 6.37.